The number of nitrogens with zero attached hydrogens (tertiary/aromatic N) is 2. The summed E-state index contributed by atoms with van der Waals surface area (Å²) in [6.45, 7) is 1.34. The molecule has 0 radical (unpaired) electrons. The molecule has 94 valence electrons. The van der Waals surface area contributed by atoms with Crippen LogP contribution in [-0.2, 0) is 0 Å². The Morgan fingerprint density at radius 1 is 1.39 bits per heavy atom. The zero-order valence-electron chi connectivity index (χ0n) is 9.80. The molecule has 2 aromatic rings. The lowest BCUT2D eigenvalue weighted by Crippen LogP contribution is -2.08. The quantitative estimate of drug-likeness (QED) is 0.477. The largest absolute Gasteiger partial charge is 0.384 e. The molecule has 1 aromatic carbocycles. The van der Waals surface area contributed by atoms with Crippen LogP contribution in [0, 0.1) is 10.1 Å². The highest BCUT2D eigenvalue weighted by Crippen LogP contribution is 2.29. The fourth-order valence-corrected chi connectivity index (χ4v) is 1.78. The van der Waals surface area contributed by atoms with Gasteiger partial charge in [0.1, 0.15) is 5.52 Å². The molecule has 6 nitrogen and oxygen atoms in total. The van der Waals surface area contributed by atoms with E-state index in [1.165, 1.54) is 6.07 Å². The van der Waals surface area contributed by atoms with Crippen LogP contribution in [0.2, 0.25) is 0 Å². The van der Waals surface area contributed by atoms with Gasteiger partial charge in [0.2, 0.25) is 0 Å². The number of anilines is 1. The van der Waals surface area contributed by atoms with Crippen molar-refractivity contribution < 1.29 is 4.92 Å². The third-order valence-corrected chi connectivity index (χ3v) is 2.64. The molecule has 2 rings (SSSR count). The van der Waals surface area contributed by atoms with Crippen LogP contribution in [0.4, 0.5) is 11.4 Å². The predicted octanol–water partition coefficient (Wildman–Crippen LogP) is 1.90. The molecule has 0 bridgehead atoms. The maximum absolute atomic E-state index is 10.9. The van der Waals surface area contributed by atoms with Crippen LogP contribution in [0.1, 0.15) is 6.42 Å². The highest BCUT2D eigenvalue weighted by molar-refractivity contribution is 5.96. The number of fused-ring (bicyclic) bond motifs is 1. The minimum absolute atomic E-state index is 0.0231. The summed E-state index contributed by atoms with van der Waals surface area (Å²) < 4.78 is 0. The maximum atomic E-state index is 10.9. The van der Waals surface area contributed by atoms with Crippen molar-refractivity contribution in [2.45, 2.75) is 6.42 Å². The van der Waals surface area contributed by atoms with Gasteiger partial charge >= 0.3 is 0 Å². The average Bonchev–Trinajstić information content (AvgIpc) is 2.38. The highest BCUT2D eigenvalue weighted by atomic mass is 16.6. The van der Waals surface area contributed by atoms with Crippen LogP contribution < -0.4 is 11.1 Å². The number of nitrogens with two attached hydrogens (primary N) is 1. The number of hydrogen-bond acceptors (Lipinski definition) is 5. The standard InChI is InChI=1S/C12H14N4O2/c13-6-2-8-14-10-4-5-11(16(17)18)12-9(10)3-1-7-15-12/h1,3-5,7,14H,2,6,8,13H2. The number of non-ortho nitro benzene ring substituents is 1. The average molecular weight is 246 g/mol. The van der Waals surface area contributed by atoms with Gasteiger partial charge in [-0.3, -0.25) is 10.1 Å². The van der Waals surface area contributed by atoms with Gasteiger partial charge in [-0.15, -0.1) is 0 Å². The number of aromatic nitrogens is 1. The summed E-state index contributed by atoms with van der Waals surface area (Å²) in [7, 11) is 0. The Bertz CT molecular complexity index is 571. The Morgan fingerprint density at radius 2 is 2.22 bits per heavy atom. The number of pyridine rings is 1. The predicted molar refractivity (Wildman–Crippen MR) is 70.6 cm³/mol. The molecule has 1 heterocycles. The van der Waals surface area contributed by atoms with Crippen LogP contribution in [0.15, 0.2) is 30.5 Å². The van der Waals surface area contributed by atoms with Gasteiger partial charge in [0.25, 0.3) is 5.69 Å². The number of nitrogens with one attached hydrogen (secondary N) is 1. The third-order valence-electron chi connectivity index (χ3n) is 2.64. The van der Waals surface area contributed by atoms with Crippen molar-refractivity contribution in [2.75, 3.05) is 18.4 Å². The van der Waals surface area contributed by atoms with Gasteiger partial charge in [0, 0.05) is 29.9 Å². The van der Waals surface area contributed by atoms with E-state index >= 15 is 0 Å². The van der Waals surface area contributed by atoms with Gasteiger partial charge in [0.15, 0.2) is 0 Å². The van der Waals surface area contributed by atoms with Gasteiger partial charge in [-0.1, -0.05) is 0 Å². The van der Waals surface area contributed by atoms with Crippen molar-refractivity contribution in [3.05, 3.63) is 40.6 Å². The second-order valence-electron chi connectivity index (χ2n) is 3.86. The van der Waals surface area contributed by atoms with Crippen LogP contribution in [-0.4, -0.2) is 23.0 Å². The number of nitro benzene ring substituents is 1. The topological polar surface area (TPSA) is 94.1 Å². The van der Waals surface area contributed by atoms with Crippen molar-refractivity contribution >= 4 is 22.3 Å². The van der Waals surface area contributed by atoms with E-state index < -0.39 is 4.92 Å². The van der Waals surface area contributed by atoms with E-state index in [-0.39, 0.29) is 5.69 Å². The first-order chi connectivity index (χ1) is 8.74. The molecule has 1 aromatic heterocycles. The van der Waals surface area contributed by atoms with Crippen LogP contribution in [0.25, 0.3) is 10.9 Å². The number of rotatable bonds is 5. The number of benzene rings is 1. The van der Waals surface area contributed by atoms with Crippen molar-refractivity contribution in [2.24, 2.45) is 5.73 Å². The van der Waals surface area contributed by atoms with Crippen LogP contribution >= 0.6 is 0 Å². The molecule has 0 spiro atoms. The van der Waals surface area contributed by atoms with Gasteiger partial charge in [-0.05, 0) is 31.2 Å². The fraction of sp³-hybridized carbons (Fsp3) is 0.250. The Kier molecular flexibility index (Phi) is 3.69. The SMILES string of the molecule is NCCCNc1ccc([N+](=O)[O-])c2ncccc12. The molecule has 6 heteroatoms. The van der Waals surface area contributed by atoms with E-state index in [1.807, 2.05) is 6.07 Å². The summed E-state index contributed by atoms with van der Waals surface area (Å²) in [6.07, 6.45) is 2.40. The Labute approximate surface area is 104 Å². The molecule has 0 unspecified atom stereocenters. The summed E-state index contributed by atoms with van der Waals surface area (Å²) >= 11 is 0. The van der Waals surface area contributed by atoms with E-state index in [9.17, 15) is 10.1 Å². The van der Waals surface area contributed by atoms with Crippen molar-refractivity contribution in [1.82, 2.24) is 4.98 Å². The lowest BCUT2D eigenvalue weighted by atomic mass is 10.1. The molecule has 0 fully saturated rings. The molecular weight excluding hydrogens is 232 g/mol. The molecule has 3 N–H and O–H groups in total. The molecule has 0 saturated carbocycles. The summed E-state index contributed by atoms with van der Waals surface area (Å²) in [4.78, 5) is 14.6. The zero-order valence-corrected chi connectivity index (χ0v) is 9.80. The number of nitro groups is 1. The molecule has 0 atom stereocenters. The summed E-state index contributed by atoms with van der Waals surface area (Å²) in [5.41, 5.74) is 6.70. The molecular formula is C12H14N4O2. The Morgan fingerprint density at radius 3 is 2.94 bits per heavy atom. The summed E-state index contributed by atoms with van der Waals surface area (Å²) in [5.74, 6) is 0. The monoisotopic (exact) mass is 246 g/mol. The molecule has 0 aliphatic carbocycles. The van der Waals surface area contributed by atoms with Crippen LogP contribution in [0.3, 0.4) is 0 Å². The normalized spacial score (nSPS) is 10.5. The zero-order chi connectivity index (χ0) is 13.0. The molecule has 18 heavy (non-hydrogen) atoms. The first kappa shape index (κ1) is 12.3. The van der Waals surface area contributed by atoms with Gasteiger partial charge in [-0.2, -0.15) is 0 Å². The first-order valence-corrected chi connectivity index (χ1v) is 5.70. The maximum Gasteiger partial charge on any atom is 0.295 e. The molecule has 0 aliphatic rings. The van der Waals surface area contributed by atoms with E-state index in [2.05, 4.69) is 10.3 Å². The van der Waals surface area contributed by atoms with Crippen molar-refractivity contribution in [3.8, 4) is 0 Å². The first-order valence-electron chi connectivity index (χ1n) is 5.70. The van der Waals surface area contributed by atoms with E-state index in [4.69, 9.17) is 5.73 Å². The lowest BCUT2D eigenvalue weighted by Gasteiger charge is -2.08. The molecule has 0 amide bonds. The van der Waals surface area contributed by atoms with Crippen molar-refractivity contribution in [1.29, 1.82) is 0 Å². The second kappa shape index (κ2) is 5.42. The number of hydrogen-bond donors (Lipinski definition) is 2. The smallest absolute Gasteiger partial charge is 0.295 e. The lowest BCUT2D eigenvalue weighted by molar-refractivity contribution is -0.383. The Balaban J connectivity index is 2.44. The van der Waals surface area contributed by atoms with Crippen LogP contribution in [0.5, 0.6) is 0 Å². The second-order valence-corrected chi connectivity index (χ2v) is 3.86. The minimum Gasteiger partial charge on any atom is -0.384 e. The van der Waals surface area contributed by atoms with E-state index in [1.54, 1.807) is 18.3 Å². The summed E-state index contributed by atoms with van der Waals surface area (Å²) in [5, 5.41) is 14.9. The van der Waals surface area contributed by atoms with E-state index in [0.717, 1.165) is 24.0 Å². The minimum atomic E-state index is -0.418. The van der Waals surface area contributed by atoms with Gasteiger partial charge in [-0.25, -0.2) is 4.98 Å². The van der Waals surface area contributed by atoms with E-state index in [0.29, 0.717) is 12.1 Å². The molecule has 0 saturated heterocycles. The van der Waals surface area contributed by atoms with Gasteiger partial charge < -0.3 is 11.1 Å². The third kappa shape index (κ3) is 2.38. The molecule has 0 aliphatic heterocycles. The summed E-state index contributed by atoms with van der Waals surface area (Å²) in [6, 6.07) is 6.76. The van der Waals surface area contributed by atoms with Crippen molar-refractivity contribution in [3.63, 3.8) is 0 Å². The Hall–Kier alpha value is -2.21. The van der Waals surface area contributed by atoms with Gasteiger partial charge in [0.05, 0.1) is 4.92 Å². The fourth-order valence-electron chi connectivity index (χ4n) is 1.78. The highest BCUT2D eigenvalue weighted by Gasteiger charge is 2.14.